The van der Waals surface area contributed by atoms with E-state index in [1.54, 1.807) is 18.5 Å². The van der Waals surface area contributed by atoms with Crippen LogP contribution in [0.15, 0.2) is 22.9 Å². The van der Waals surface area contributed by atoms with Gasteiger partial charge in [-0.15, -0.1) is 5.10 Å². The number of nitrogens with one attached hydrogen (secondary N) is 2. The van der Waals surface area contributed by atoms with Crippen molar-refractivity contribution in [2.24, 2.45) is 0 Å². The minimum Gasteiger partial charge on any atom is -0.318 e. The van der Waals surface area contributed by atoms with Crippen LogP contribution in [0.25, 0.3) is 0 Å². The molecule has 0 radical (unpaired) electrons. The van der Waals surface area contributed by atoms with Gasteiger partial charge in [-0.25, -0.2) is 4.98 Å². The van der Waals surface area contributed by atoms with Crippen LogP contribution in [0, 0.1) is 0 Å². The van der Waals surface area contributed by atoms with Crippen LogP contribution in [0.1, 0.15) is 36.2 Å². The fourth-order valence-electron chi connectivity index (χ4n) is 1.30. The van der Waals surface area contributed by atoms with Gasteiger partial charge >= 0.3 is 0 Å². The first-order chi connectivity index (χ1) is 8.56. The third-order valence-electron chi connectivity index (χ3n) is 2.22. The number of carbonyl (C=O) groups excluding carboxylic acids is 1. The summed E-state index contributed by atoms with van der Waals surface area (Å²) in [5.41, 5.74) is 0.588. The minimum absolute atomic E-state index is 0.124. The summed E-state index contributed by atoms with van der Waals surface area (Å²) in [6.07, 6.45) is 3.19. The molecule has 2 aromatic heterocycles. The normalized spacial score (nSPS) is 10.7. The molecule has 1 amide bonds. The highest BCUT2D eigenvalue weighted by molar-refractivity contribution is 9.10. The molecule has 0 saturated heterocycles. The maximum atomic E-state index is 11.9. The quantitative estimate of drug-likeness (QED) is 0.911. The maximum absolute atomic E-state index is 11.9. The van der Waals surface area contributed by atoms with Crippen LogP contribution in [0.5, 0.6) is 0 Å². The Morgan fingerprint density at radius 2 is 2.22 bits per heavy atom. The molecule has 2 heterocycles. The Balaban J connectivity index is 2.12. The van der Waals surface area contributed by atoms with E-state index in [-0.39, 0.29) is 17.6 Å². The zero-order valence-electron chi connectivity index (χ0n) is 9.94. The molecular weight excluding hydrogens is 298 g/mol. The number of pyridine rings is 1. The van der Waals surface area contributed by atoms with E-state index in [1.807, 2.05) is 13.8 Å². The maximum Gasteiger partial charge on any atom is 0.295 e. The van der Waals surface area contributed by atoms with Crippen LogP contribution >= 0.6 is 15.9 Å². The second-order valence-corrected chi connectivity index (χ2v) is 4.96. The topological polar surface area (TPSA) is 83.6 Å². The number of rotatable bonds is 3. The first kappa shape index (κ1) is 12.7. The summed E-state index contributed by atoms with van der Waals surface area (Å²) in [7, 11) is 0. The lowest BCUT2D eigenvalue weighted by molar-refractivity contribution is 0.101. The molecule has 94 valence electrons. The first-order valence-electron chi connectivity index (χ1n) is 5.40. The number of hydrogen-bond acceptors (Lipinski definition) is 4. The molecule has 0 saturated carbocycles. The molecule has 0 aliphatic rings. The van der Waals surface area contributed by atoms with Gasteiger partial charge in [0.2, 0.25) is 5.82 Å². The summed E-state index contributed by atoms with van der Waals surface area (Å²) >= 11 is 3.28. The Labute approximate surface area is 112 Å². The van der Waals surface area contributed by atoms with Crippen molar-refractivity contribution in [2.75, 3.05) is 5.32 Å². The molecule has 2 N–H and O–H groups in total. The number of aromatic nitrogens is 4. The van der Waals surface area contributed by atoms with Gasteiger partial charge in [0.25, 0.3) is 5.91 Å². The third kappa shape index (κ3) is 2.92. The molecule has 0 aromatic carbocycles. The number of halogens is 1. The van der Waals surface area contributed by atoms with Gasteiger partial charge in [0.15, 0.2) is 0 Å². The largest absolute Gasteiger partial charge is 0.318 e. The lowest BCUT2D eigenvalue weighted by Crippen LogP contribution is -2.14. The molecule has 2 aromatic rings. The van der Waals surface area contributed by atoms with Crippen molar-refractivity contribution in [1.29, 1.82) is 0 Å². The first-order valence-corrected chi connectivity index (χ1v) is 6.20. The second-order valence-electron chi connectivity index (χ2n) is 4.04. The van der Waals surface area contributed by atoms with E-state index < -0.39 is 0 Å². The molecule has 0 bridgehead atoms. The summed E-state index contributed by atoms with van der Waals surface area (Å²) in [5.74, 6) is 0.649. The second kappa shape index (κ2) is 5.26. The lowest BCUT2D eigenvalue weighted by Gasteiger charge is -2.01. The van der Waals surface area contributed by atoms with E-state index in [1.165, 1.54) is 0 Å². The average molecular weight is 310 g/mol. The highest BCUT2D eigenvalue weighted by atomic mass is 79.9. The Morgan fingerprint density at radius 1 is 1.44 bits per heavy atom. The van der Waals surface area contributed by atoms with E-state index in [2.05, 4.69) is 41.4 Å². The van der Waals surface area contributed by atoms with Crippen LogP contribution in [0.3, 0.4) is 0 Å². The summed E-state index contributed by atoms with van der Waals surface area (Å²) in [6.45, 7) is 3.95. The van der Waals surface area contributed by atoms with E-state index >= 15 is 0 Å². The van der Waals surface area contributed by atoms with Gasteiger partial charge in [-0.2, -0.15) is 0 Å². The number of H-pyrrole nitrogens is 1. The Morgan fingerprint density at radius 3 is 2.83 bits per heavy atom. The standard InChI is InChI=1S/C11H12BrN5O/c1-6(2)9-15-10(17-16-9)11(18)14-8-3-7(12)4-13-5-8/h3-6H,1-2H3,(H,14,18)(H,15,16,17). The number of nitrogens with zero attached hydrogens (tertiary/aromatic N) is 3. The van der Waals surface area contributed by atoms with Gasteiger partial charge in [-0.3, -0.25) is 14.9 Å². The van der Waals surface area contributed by atoms with Crippen LogP contribution in [-0.2, 0) is 0 Å². The van der Waals surface area contributed by atoms with Crippen molar-refractivity contribution in [3.8, 4) is 0 Å². The van der Waals surface area contributed by atoms with Crippen molar-refractivity contribution in [1.82, 2.24) is 20.2 Å². The molecule has 0 atom stereocenters. The van der Waals surface area contributed by atoms with Gasteiger partial charge in [0.05, 0.1) is 11.9 Å². The van der Waals surface area contributed by atoms with Crippen molar-refractivity contribution in [3.05, 3.63) is 34.6 Å². The number of aromatic amines is 1. The number of amides is 1. The van der Waals surface area contributed by atoms with Crippen LogP contribution in [-0.4, -0.2) is 26.1 Å². The van der Waals surface area contributed by atoms with Crippen LogP contribution in [0.2, 0.25) is 0 Å². The number of carbonyl (C=O) groups is 1. The van der Waals surface area contributed by atoms with Crippen molar-refractivity contribution < 1.29 is 4.79 Å². The molecule has 0 fully saturated rings. The summed E-state index contributed by atoms with van der Waals surface area (Å²) in [6, 6.07) is 1.75. The Hall–Kier alpha value is -1.76. The summed E-state index contributed by atoms with van der Waals surface area (Å²) < 4.78 is 0.790. The Kier molecular flexibility index (Phi) is 3.71. The monoisotopic (exact) mass is 309 g/mol. The fourth-order valence-corrected chi connectivity index (χ4v) is 1.67. The predicted octanol–water partition coefficient (Wildman–Crippen LogP) is 2.34. The minimum atomic E-state index is -0.363. The van der Waals surface area contributed by atoms with Gasteiger partial charge in [0.1, 0.15) is 5.82 Å². The molecular formula is C11H12BrN5O. The molecule has 7 heteroatoms. The highest BCUT2D eigenvalue weighted by Gasteiger charge is 2.14. The van der Waals surface area contributed by atoms with Crippen LogP contribution in [0.4, 0.5) is 5.69 Å². The van der Waals surface area contributed by atoms with E-state index in [4.69, 9.17) is 0 Å². The van der Waals surface area contributed by atoms with Gasteiger partial charge in [-0.1, -0.05) is 13.8 Å². The molecule has 18 heavy (non-hydrogen) atoms. The molecule has 0 unspecified atom stereocenters. The molecule has 2 rings (SSSR count). The fraction of sp³-hybridized carbons (Fsp3) is 0.273. The molecule has 6 nitrogen and oxygen atoms in total. The van der Waals surface area contributed by atoms with Crippen molar-refractivity contribution >= 4 is 27.5 Å². The zero-order valence-corrected chi connectivity index (χ0v) is 11.5. The molecule has 0 aliphatic heterocycles. The van der Waals surface area contributed by atoms with Gasteiger partial charge < -0.3 is 5.32 Å². The third-order valence-corrected chi connectivity index (χ3v) is 2.65. The predicted molar refractivity (Wildman–Crippen MR) is 70.4 cm³/mol. The highest BCUT2D eigenvalue weighted by Crippen LogP contribution is 2.14. The van der Waals surface area contributed by atoms with Gasteiger partial charge in [0, 0.05) is 16.6 Å². The smallest absolute Gasteiger partial charge is 0.295 e. The van der Waals surface area contributed by atoms with E-state index in [9.17, 15) is 4.79 Å². The molecule has 0 aliphatic carbocycles. The van der Waals surface area contributed by atoms with E-state index in [0.29, 0.717) is 11.5 Å². The van der Waals surface area contributed by atoms with Gasteiger partial charge in [-0.05, 0) is 22.0 Å². The number of hydrogen-bond donors (Lipinski definition) is 2. The van der Waals surface area contributed by atoms with Crippen molar-refractivity contribution in [2.45, 2.75) is 19.8 Å². The SMILES string of the molecule is CC(C)c1nc(C(=O)Nc2cncc(Br)c2)n[nH]1. The summed E-state index contributed by atoms with van der Waals surface area (Å²) in [4.78, 5) is 19.9. The van der Waals surface area contributed by atoms with E-state index in [0.717, 1.165) is 4.47 Å². The number of anilines is 1. The lowest BCUT2D eigenvalue weighted by atomic mass is 10.2. The van der Waals surface area contributed by atoms with Crippen molar-refractivity contribution in [3.63, 3.8) is 0 Å². The summed E-state index contributed by atoms with van der Waals surface area (Å²) in [5, 5.41) is 9.29. The zero-order chi connectivity index (χ0) is 13.1. The Bertz CT molecular complexity index is 566. The van der Waals surface area contributed by atoms with Crippen LogP contribution < -0.4 is 5.32 Å². The molecule has 0 spiro atoms. The average Bonchev–Trinajstić information content (AvgIpc) is 2.78.